The minimum atomic E-state index is -0.825. The normalized spacial score (nSPS) is 10.5. The second kappa shape index (κ2) is 6.53. The molecule has 0 saturated heterocycles. The number of hydrogen-bond donors (Lipinski definition) is 1. The Bertz CT molecular complexity index is 540. The molecule has 1 N–H and O–H groups in total. The Morgan fingerprint density at radius 3 is 2.21 bits per heavy atom. The molecule has 1 nitrogen and oxygen atoms in total. The van der Waals surface area contributed by atoms with Crippen LogP contribution in [0.5, 0.6) is 0 Å². The summed E-state index contributed by atoms with van der Waals surface area (Å²) in [6, 6.07) is 11.8. The highest BCUT2D eigenvalue weighted by Crippen LogP contribution is 2.13. The van der Waals surface area contributed by atoms with Gasteiger partial charge in [-0.3, -0.25) is 0 Å². The maximum atomic E-state index is 13.0. The molecule has 100 valence electrons. The third-order valence-electron chi connectivity index (χ3n) is 2.82. The fraction of sp³-hybridized carbons (Fsp3) is 0.200. The molecule has 19 heavy (non-hydrogen) atoms. The van der Waals surface area contributed by atoms with Gasteiger partial charge in [0.05, 0.1) is 0 Å². The molecule has 0 amide bonds. The van der Waals surface area contributed by atoms with Gasteiger partial charge in [-0.15, -0.1) is 11.6 Å². The van der Waals surface area contributed by atoms with Gasteiger partial charge in [-0.2, -0.15) is 0 Å². The van der Waals surface area contributed by atoms with Crippen LogP contribution in [0.1, 0.15) is 11.1 Å². The van der Waals surface area contributed by atoms with Crippen molar-refractivity contribution in [1.29, 1.82) is 0 Å². The third-order valence-corrected chi connectivity index (χ3v) is 3.01. The van der Waals surface area contributed by atoms with Crippen LogP contribution >= 0.6 is 11.6 Å². The predicted octanol–water partition coefficient (Wildman–Crippen LogP) is 4.36. The average molecular weight is 282 g/mol. The summed E-state index contributed by atoms with van der Waals surface area (Å²) in [6.45, 7) is 0.450. The van der Waals surface area contributed by atoms with Gasteiger partial charge in [0.2, 0.25) is 0 Å². The summed E-state index contributed by atoms with van der Waals surface area (Å²) in [6.07, 6.45) is 0.838. The molecule has 0 aromatic heterocycles. The number of nitrogens with one attached hydrogen (secondary N) is 1. The van der Waals surface area contributed by atoms with Crippen LogP contribution in [0.2, 0.25) is 0 Å². The van der Waals surface area contributed by atoms with Crippen molar-refractivity contribution in [3.8, 4) is 0 Å². The Kier molecular flexibility index (Phi) is 4.74. The second-order valence-electron chi connectivity index (χ2n) is 4.24. The average Bonchev–Trinajstić information content (AvgIpc) is 2.42. The van der Waals surface area contributed by atoms with Crippen LogP contribution in [0.3, 0.4) is 0 Å². The molecular weight excluding hydrogens is 268 g/mol. The van der Waals surface area contributed by atoms with E-state index in [1.165, 1.54) is 11.6 Å². The van der Waals surface area contributed by atoms with Crippen LogP contribution in [-0.4, -0.2) is 5.88 Å². The van der Waals surface area contributed by atoms with Crippen molar-refractivity contribution in [2.24, 2.45) is 0 Å². The van der Waals surface area contributed by atoms with E-state index in [2.05, 4.69) is 5.32 Å². The van der Waals surface area contributed by atoms with Crippen LogP contribution in [-0.2, 0) is 13.0 Å². The molecular formula is C15H14ClF2N. The quantitative estimate of drug-likeness (QED) is 0.803. The van der Waals surface area contributed by atoms with E-state index in [-0.39, 0.29) is 0 Å². The monoisotopic (exact) mass is 281 g/mol. The van der Waals surface area contributed by atoms with E-state index >= 15 is 0 Å². The molecule has 0 heterocycles. The van der Waals surface area contributed by atoms with Crippen molar-refractivity contribution in [3.63, 3.8) is 0 Å². The van der Waals surface area contributed by atoms with Crippen LogP contribution in [0, 0.1) is 11.6 Å². The molecule has 0 bridgehead atoms. The Morgan fingerprint density at radius 2 is 1.58 bits per heavy atom. The van der Waals surface area contributed by atoms with E-state index in [1.54, 1.807) is 6.07 Å². The Balaban J connectivity index is 1.96. The second-order valence-corrected chi connectivity index (χ2v) is 4.62. The largest absolute Gasteiger partial charge is 0.381 e. The number of benzene rings is 2. The van der Waals surface area contributed by atoms with Gasteiger partial charge in [-0.1, -0.05) is 18.2 Å². The van der Waals surface area contributed by atoms with Gasteiger partial charge in [0.15, 0.2) is 11.6 Å². The summed E-state index contributed by atoms with van der Waals surface area (Å²) < 4.78 is 25.8. The van der Waals surface area contributed by atoms with Crippen molar-refractivity contribution in [1.82, 2.24) is 0 Å². The first-order chi connectivity index (χ1) is 9.19. The van der Waals surface area contributed by atoms with Crippen molar-refractivity contribution in [2.75, 3.05) is 11.2 Å². The lowest BCUT2D eigenvalue weighted by molar-refractivity contribution is 0.507. The standard InChI is InChI=1S/C15H14ClF2N/c16-8-7-11-1-4-13(5-2-11)19-10-12-3-6-14(17)15(18)9-12/h1-6,9,19H,7-8,10H2. The molecule has 0 radical (unpaired) electrons. The van der Waals surface area contributed by atoms with Gasteiger partial charge in [0, 0.05) is 18.1 Å². The Morgan fingerprint density at radius 1 is 0.895 bits per heavy atom. The van der Waals surface area contributed by atoms with Gasteiger partial charge in [-0.25, -0.2) is 8.78 Å². The first-order valence-corrected chi connectivity index (χ1v) is 6.55. The van der Waals surface area contributed by atoms with Gasteiger partial charge < -0.3 is 5.32 Å². The van der Waals surface area contributed by atoms with Gasteiger partial charge in [-0.05, 0) is 41.8 Å². The highest BCUT2D eigenvalue weighted by molar-refractivity contribution is 6.17. The summed E-state index contributed by atoms with van der Waals surface area (Å²) in [4.78, 5) is 0. The van der Waals surface area contributed by atoms with E-state index in [9.17, 15) is 8.78 Å². The topological polar surface area (TPSA) is 12.0 Å². The molecule has 0 aliphatic rings. The highest BCUT2D eigenvalue weighted by atomic mass is 35.5. The fourth-order valence-corrected chi connectivity index (χ4v) is 1.97. The molecule has 4 heteroatoms. The molecule has 0 aliphatic carbocycles. The lowest BCUT2D eigenvalue weighted by Gasteiger charge is -2.07. The predicted molar refractivity (Wildman–Crippen MR) is 74.6 cm³/mol. The van der Waals surface area contributed by atoms with E-state index in [0.29, 0.717) is 18.0 Å². The number of halogens is 3. The van der Waals surface area contributed by atoms with Crippen molar-refractivity contribution < 1.29 is 8.78 Å². The smallest absolute Gasteiger partial charge is 0.159 e. The zero-order chi connectivity index (χ0) is 13.7. The van der Waals surface area contributed by atoms with Crippen LogP contribution in [0.25, 0.3) is 0 Å². The van der Waals surface area contributed by atoms with E-state index in [1.807, 2.05) is 24.3 Å². The van der Waals surface area contributed by atoms with Crippen molar-refractivity contribution in [2.45, 2.75) is 13.0 Å². The number of rotatable bonds is 5. The maximum Gasteiger partial charge on any atom is 0.159 e. The highest BCUT2D eigenvalue weighted by Gasteiger charge is 2.02. The third kappa shape index (κ3) is 3.93. The maximum absolute atomic E-state index is 13.0. The number of anilines is 1. The van der Waals surface area contributed by atoms with Crippen LogP contribution in [0.4, 0.5) is 14.5 Å². The van der Waals surface area contributed by atoms with Gasteiger partial charge in [0.1, 0.15) is 0 Å². The zero-order valence-corrected chi connectivity index (χ0v) is 11.1. The Hall–Kier alpha value is -1.61. The molecule has 2 rings (SSSR count). The van der Waals surface area contributed by atoms with E-state index in [0.717, 1.165) is 18.2 Å². The van der Waals surface area contributed by atoms with E-state index < -0.39 is 11.6 Å². The van der Waals surface area contributed by atoms with Gasteiger partial charge >= 0.3 is 0 Å². The molecule has 0 spiro atoms. The molecule has 0 aliphatic heterocycles. The lowest BCUT2D eigenvalue weighted by atomic mass is 10.1. The molecule has 0 unspecified atom stereocenters. The zero-order valence-electron chi connectivity index (χ0n) is 10.3. The summed E-state index contributed by atoms with van der Waals surface area (Å²) in [7, 11) is 0. The minimum Gasteiger partial charge on any atom is -0.381 e. The molecule has 2 aromatic rings. The van der Waals surface area contributed by atoms with Gasteiger partial charge in [0.25, 0.3) is 0 Å². The minimum absolute atomic E-state index is 0.450. The van der Waals surface area contributed by atoms with Crippen molar-refractivity contribution in [3.05, 3.63) is 65.2 Å². The van der Waals surface area contributed by atoms with Crippen LogP contribution < -0.4 is 5.32 Å². The van der Waals surface area contributed by atoms with E-state index in [4.69, 9.17) is 11.6 Å². The summed E-state index contributed by atoms with van der Waals surface area (Å²) in [5.74, 6) is -1.05. The molecule has 2 aromatic carbocycles. The summed E-state index contributed by atoms with van der Waals surface area (Å²) >= 11 is 5.66. The SMILES string of the molecule is Fc1ccc(CNc2ccc(CCCl)cc2)cc1F. The summed E-state index contributed by atoms with van der Waals surface area (Å²) in [5, 5.41) is 3.15. The fourth-order valence-electron chi connectivity index (χ4n) is 1.75. The summed E-state index contributed by atoms with van der Waals surface area (Å²) in [5.41, 5.74) is 2.81. The Labute approximate surface area is 116 Å². The van der Waals surface area contributed by atoms with Crippen molar-refractivity contribution >= 4 is 17.3 Å². The number of aryl methyl sites for hydroxylation is 1. The lowest BCUT2D eigenvalue weighted by Crippen LogP contribution is -2.00. The first-order valence-electron chi connectivity index (χ1n) is 6.02. The molecule has 0 saturated carbocycles. The number of alkyl halides is 1. The molecule has 0 fully saturated rings. The number of hydrogen-bond acceptors (Lipinski definition) is 1. The molecule has 0 atom stereocenters. The van der Waals surface area contributed by atoms with Crippen LogP contribution in [0.15, 0.2) is 42.5 Å². The first kappa shape index (κ1) is 13.8.